The van der Waals surface area contributed by atoms with E-state index in [0.29, 0.717) is 24.1 Å². The monoisotopic (exact) mass is 421 g/mol. The van der Waals surface area contributed by atoms with Crippen molar-refractivity contribution in [3.05, 3.63) is 70.8 Å². The number of nitrogens with one attached hydrogen (secondary N) is 2. The second-order valence-corrected chi connectivity index (χ2v) is 7.74. The number of carbonyl (C=O) groups is 4. The summed E-state index contributed by atoms with van der Waals surface area (Å²) in [4.78, 5) is 50.0. The van der Waals surface area contributed by atoms with Crippen LogP contribution in [0, 0.1) is 0 Å². The van der Waals surface area contributed by atoms with Gasteiger partial charge < -0.3 is 15.0 Å². The molecule has 2 aromatic carbocycles. The minimum absolute atomic E-state index is 0.0202. The lowest BCUT2D eigenvalue weighted by Crippen LogP contribution is -2.52. The Kier molecular flexibility index (Phi) is 5.70. The molecule has 31 heavy (non-hydrogen) atoms. The van der Waals surface area contributed by atoms with E-state index in [1.165, 1.54) is 4.90 Å². The van der Waals surface area contributed by atoms with Gasteiger partial charge in [0, 0.05) is 18.5 Å². The van der Waals surface area contributed by atoms with Gasteiger partial charge in [0.15, 0.2) is 0 Å². The van der Waals surface area contributed by atoms with Crippen molar-refractivity contribution in [1.82, 2.24) is 15.5 Å². The van der Waals surface area contributed by atoms with Crippen molar-refractivity contribution in [2.45, 2.75) is 45.0 Å². The van der Waals surface area contributed by atoms with Gasteiger partial charge in [-0.25, -0.2) is 4.79 Å². The van der Waals surface area contributed by atoms with Crippen molar-refractivity contribution in [3.8, 4) is 0 Å². The van der Waals surface area contributed by atoms with E-state index in [1.807, 2.05) is 43.3 Å². The van der Waals surface area contributed by atoms with E-state index in [0.717, 1.165) is 11.1 Å². The van der Waals surface area contributed by atoms with Gasteiger partial charge in [-0.05, 0) is 36.1 Å². The van der Waals surface area contributed by atoms with Crippen LogP contribution in [0.5, 0.6) is 0 Å². The SMILES string of the molecule is CC(NC(=O)OCc1ccc2c(c1)C(=O)N(C1CCC(=O)NC1=O)C2)c1ccccc1. The van der Waals surface area contributed by atoms with E-state index in [4.69, 9.17) is 4.74 Å². The molecule has 0 saturated carbocycles. The molecule has 2 aliphatic heterocycles. The zero-order chi connectivity index (χ0) is 22.0. The summed E-state index contributed by atoms with van der Waals surface area (Å²) in [6.07, 6.45) is -0.0138. The average Bonchev–Trinajstić information content (AvgIpc) is 3.08. The maximum absolute atomic E-state index is 12.9. The molecule has 0 radical (unpaired) electrons. The fourth-order valence-electron chi connectivity index (χ4n) is 3.88. The van der Waals surface area contributed by atoms with Gasteiger partial charge in [-0.2, -0.15) is 0 Å². The maximum Gasteiger partial charge on any atom is 0.407 e. The summed E-state index contributed by atoms with van der Waals surface area (Å²) in [6.45, 7) is 2.21. The molecule has 0 bridgehead atoms. The number of imide groups is 1. The van der Waals surface area contributed by atoms with E-state index in [9.17, 15) is 19.2 Å². The van der Waals surface area contributed by atoms with Gasteiger partial charge in [0.2, 0.25) is 11.8 Å². The molecular weight excluding hydrogens is 398 g/mol. The molecule has 2 unspecified atom stereocenters. The van der Waals surface area contributed by atoms with Gasteiger partial charge in [0.25, 0.3) is 5.91 Å². The molecule has 8 heteroatoms. The maximum atomic E-state index is 12.9. The number of alkyl carbamates (subject to hydrolysis) is 1. The Morgan fingerprint density at radius 3 is 2.71 bits per heavy atom. The quantitative estimate of drug-likeness (QED) is 0.722. The minimum atomic E-state index is -0.650. The van der Waals surface area contributed by atoms with Crippen LogP contribution < -0.4 is 10.6 Å². The number of rotatable bonds is 5. The normalized spacial score (nSPS) is 18.9. The molecule has 2 heterocycles. The van der Waals surface area contributed by atoms with E-state index in [2.05, 4.69) is 10.6 Å². The molecule has 0 aliphatic carbocycles. The molecule has 2 N–H and O–H groups in total. The summed E-state index contributed by atoms with van der Waals surface area (Å²) < 4.78 is 5.31. The number of ether oxygens (including phenoxy) is 1. The first-order valence-corrected chi connectivity index (χ1v) is 10.2. The highest BCUT2D eigenvalue weighted by Gasteiger charge is 2.39. The predicted octanol–water partition coefficient (Wildman–Crippen LogP) is 2.44. The van der Waals surface area contributed by atoms with Crippen molar-refractivity contribution in [2.75, 3.05) is 0 Å². The summed E-state index contributed by atoms with van der Waals surface area (Å²) in [5, 5.41) is 5.07. The Balaban J connectivity index is 1.36. The third-order valence-corrected chi connectivity index (χ3v) is 5.60. The molecule has 1 fully saturated rings. The smallest absolute Gasteiger partial charge is 0.407 e. The van der Waals surface area contributed by atoms with Crippen LogP contribution in [0.3, 0.4) is 0 Å². The van der Waals surface area contributed by atoms with Crippen LogP contribution in [0.1, 0.15) is 52.9 Å². The Bertz CT molecular complexity index is 1040. The largest absolute Gasteiger partial charge is 0.445 e. The lowest BCUT2D eigenvalue weighted by atomic mass is 10.0. The van der Waals surface area contributed by atoms with Gasteiger partial charge in [-0.15, -0.1) is 0 Å². The Morgan fingerprint density at radius 2 is 1.97 bits per heavy atom. The molecule has 160 valence electrons. The highest BCUT2D eigenvalue weighted by molar-refractivity contribution is 6.05. The van der Waals surface area contributed by atoms with Gasteiger partial charge in [-0.1, -0.05) is 42.5 Å². The van der Waals surface area contributed by atoms with Crippen LogP contribution >= 0.6 is 0 Å². The molecule has 2 aliphatic rings. The first kappa shape index (κ1) is 20.6. The summed E-state index contributed by atoms with van der Waals surface area (Å²) >= 11 is 0. The second kappa shape index (κ2) is 8.59. The van der Waals surface area contributed by atoms with Crippen molar-refractivity contribution in [1.29, 1.82) is 0 Å². The van der Waals surface area contributed by atoms with Crippen LogP contribution in [0.25, 0.3) is 0 Å². The van der Waals surface area contributed by atoms with E-state index >= 15 is 0 Å². The second-order valence-electron chi connectivity index (χ2n) is 7.74. The van der Waals surface area contributed by atoms with Crippen molar-refractivity contribution < 1.29 is 23.9 Å². The van der Waals surface area contributed by atoms with Crippen molar-refractivity contribution >= 4 is 23.8 Å². The van der Waals surface area contributed by atoms with Crippen LogP contribution in [0.15, 0.2) is 48.5 Å². The summed E-state index contributed by atoms with van der Waals surface area (Å²) in [6, 6.07) is 14.0. The lowest BCUT2D eigenvalue weighted by molar-refractivity contribution is -0.136. The van der Waals surface area contributed by atoms with E-state index in [-0.39, 0.29) is 30.9 Å². The number of fused-ring (bicyclic) bond motifs is 1. The zero-order valence-corrected chi connectivity index (χ0v) is 17.1. The van der Waals surface area contributed by atoms with E-state index in [1.54, 1.807) is 12.1 Å². The highest BCUT2D eigenvalue weighted by Crippen LogP contribution is 2.28. The molecular formula is C23H23N3O5. The standard InChI is InChI=1S/C23H23N3O5/c1-14(16-5-3-2-4-6-16)24-23(30)31-13-15-7-8-17-12-26(22(29)18(17)11-15)19-9-10-20(27)25-21(19)28/h2-8,11,14,19H,9-10,12-13H2,1H3,(H,24,30)(H,25,27,28). The Hall–Kier alpha value is -3.68. The summed E-state index contributed by atoms with van der Waals surface area (Å²) in [5.74, 6) is -1.01. The average molecular weight is 421 g/mol. The van der Waals surface area contributed by atoms with Crippen LogP contribution in [-0.4, -0.2) is 34.8 Å². The third-order valence-electron chi connectivity index (χ3n) is 5.60. The summed E-state index contributed by atoms with van der Waals surface area (Å²) in [5.41, 5.74) is 2.94. The first-order chi connectivity index (χ1) is 14.9. The number of hydrogen-bond acceptors (Lipinski definition) is 5. The Morgan fingerprint density at radius 1 is 1.19 bits per heavy atom. The van der Waals surface area contributed by atoms with Crippen molar-refractivity contribution in [3.63, 3.8) is 0 Å². The van der Waals surface area contributed by atoms with Crippen LogP contribution in [-0.2, 0) is 27.5 Å². The predicted molar refractivity (Wildman–Crippen MR) is 111 cm³/mol. The first-order valence-electron chi connectivity index (χ1n) is 10.2. The minimum Gasteiger partial charge on any atom is -0.445 e. The fourth-order valence-corrected chi connectivity index (χ4v) is 3.88. The number of carbonyl (C=O) groups excluding carboxylic acids is 4. The Labute approximate surface area is 179 Å². The number of hydrogen-bond donors (Lipinski definition) is 2. The molecule has 2 aromatic rings. The van der Waals surface area contributed by atoms with Crippen molar-refractivity contribution in [2.24, 2.45) is 0 Å². The molecule has 2 atom stereocenters. The van der Waals surface area contributed by atoms with E-state index < -0.39 is 18.0 Å². The van der Waals surface area contributed by atoms with Gasteiger partial charge in [-0.3, -0.25) is 19.7 Å². The van der Waals surface area contributed by atoms with Crippen LogP contribution in [0.4, 0.5) is 4.79 Å². The lowest BCUT2D eigenvalue weighted by Gasteiger charge is -2.29. The number of nitrogens with zero attached hydrogens (tertiary/aromatic N) is 1. The van der Waals surface area contributed by atoms with Gasteiger partial charge in [0.1, 0.15) is 12.6 Å². The highest BCUT2D eigenvalue weighted by atomic mass is 16.5. The molecule has 4 rings (SSSR count). The van der Waals surface area contributed by atoms with Gasteiger partial charge in [0.05, 0.1) is 6.04 Å². The van der Waals surface area contributed by atoms with Crippen LogP contribution in [0.2, 0.25) is 0 Å². The molecule has 1 saturated heterocycles. The topological polar surface area (TPSA) is 105 Å². The zero-order valence-electron chi connectivity index (χ0n) is 17.1. The fraction of sp³-hybridized carbons (Fsp3) is 0.304. The molecule has 8 nitrogen and oxygen atoms in total. The molecule has 0 spiro atoms. The third kappa shape index (κ3) is 4.42. The number of amides is 4. The molecule has 4 amide bonds. The number of benzene rings is 2. The number of piperidine rings is 1. The molecule has 0 aromatic heterocycles. The summed E-state index contributed by atoms with van der Waals surface area (Å²) in [7, 11) is 0. The van der Waals surface area contributed by atoms with Gasteiger partial charge >= 0.3 is 6.09 Å².